The first-order chi connectivity index (χ1) is 14.2. The second-order valence-corrected chi connectivity index (χ2v) is 8.41. The number of para-hydroxylation sites is 1. The second kappa shape index (κ2) is 8.73. The summed E-state index contributed by atoms with van der Waals surface area (Å²) in [7, 11) is 1.96. The number of thioether (sulfide) groups is 1. The average molecular weight is 399 g/mol. The first-order valence-corrected chi connectivity index (χ1v) is 10.8. The topological polar surface area (TPSA) is 24.1 Å². The molecular formula is C26H26N2S. The normalized spacial score (nSPS) is 17.7. The van der Waals surface area contributed by atoms with Gasteiger partial charge in [-0.3, -0.25) is 5.32 Å². The van der Waals surface area contributed by atoms with E-state index in [9.17, 15) is 0 Å². The van der Waals surface area contributed by atoms with Crippen LogP contribution in [0.3, 0.4) is 0 Å². The smallest absolute Gasteiger partial charge is 0.0926 e. The lowest BCUT2D eigenvalue weighted by atomic mass is 9.98. The van der Waals surface area contributed by atoms with Gasteiger partial charge in [0.2, 0.25) is 0 Å². The van der Waals surface area contributed by atoms with Gasteiger partial charge in [0.15, 0.2) is 0 Å². The zero-order valence-electron chi connectivity index (χ0n) is 16.9. The number of benzene rings is 4. The standard InChI is InChI=1S/C15H12.C11H14N2S/c1-11-10-12-6-2-3-8-14(12)15-9-5-4-7-13(11)15;1-3-9-11(12-2)13-8-6-4-5-7-10(8)14-9/h2-10H,1H3;3-7,9,11-13H,1H2,2H3. The Hall–Kier alpha value is -2.75. The van der Waals surface area contributed by atoms with Crippen LogP contribution < -0.4 is 10.6 Å². The predicted molar refractivity (Wildman–Crippen MR) is 129 cm³/mol. The van der Waals surface area contributed by atoms with Crippen LogP contribution in [0.4, 0.5) is 5.69 Å². The molecule has 1 aliphatic heterocycles. The number of nitrogens with one attached hydrogen (secondary N) is 2. The van der Waals surface area contributed by atoms with Gasteiger partial charge in [0.1, 0.15) is 0 Å². The Bertz CT molecular complexity index is 1150. The Labute approximate surface area is 177 Å². The van der Waals surface area contributed by atoms with Crippen LogP contribution in [0.15, 0.2) is 96.4 Å². The molecule has 1 aliphatic rings. The van der Waals surface area contributed by atoms with Crippen molar-refractivity contribution in [3.8, 4) is 0 Å². The van der Waals surface area contributed by atoms with Crippen molar-refractivity contribution in [3.63, 3.8) is 0 Å². The molecule has 2 nitrogen and oxygen atoms in total. The zero-order valence-corrected chi connectivity index (χ0v) is 17.7. The van der Waals surface area contributed by atoms with Crippen molar-refractivity contribution in [2.24, 2.45) is 0 Å². The van der Waals surface area contributed by atoms with Crippen molar-refractivity contribution >= 4 is 39.0 Å². The van der Waals surface area contributed by atoms with E-state index < -0.39 is 0 Å². The SMILES string of the molecule is C=CC1Sc2ccccc2NC1NC.Cc1cc2ccccc2c2ccccc12. The Morgan fingerprint density at radius 2 is 1.55 bits per heavy atom. The Morgan fingerprint density at radius 3 is 2.31 bits per heavy atom. The maximum Gasteiger partial charge on any atom is 0.0926 e. The maximum absolute atomic E-state index is 3.85. The van der Waals surface area contributed by atoms with E-state index in [0.717, 1.165) is 0 Å². The lowest BCUT2D eigenvalue weighted by Gasteiger charge is -2.32. The van der Waals surface area contributed by atoms with Crippen LogP contribution in [0.25, 0.3) is 21.5 Å². The highest BCUT2D eigenvalue weighted by Crippen LogP contribution is 2.37. The minimum atomic E-state index is 0.271. The molecule has 146 valence electrons. The summed E-state index contributed by atoms with van der Waals surface area (Å²) < 4.78 is 0. The largest absolute Gasteiger partial charge is 0.368 e. The van der Waals surface area contributed by atoms with Crippen molar-refractivity contribution in [2.45, 2.75) is 23.2 Å². The molecule has 0 aromatic heterocycles. The molecule has 3 heteroatoms. The summed E-state index contributed by atoms with van der Waals surface area (Å²) in [5.74, 6) is 0. The minimum absolute atomic E-state index is 0.271. The lowest BCUT2D eigenvalue weighted by molar-refractivity contribution is 0.637. The van der Waals surface area contributed by atoms with Crippen LogP contribution in [0.1, 0.15) is 5.56 Å². The zero-order chi connectivity index (χ0) is 20.2. The minimum Gasteiger partial charge on any atom is -0.368 e. The molecule has 2 N–H and O–H groups in total. The van der Waals surface area contributed by atoms with Crippen molar-refractivity contribution < 1.29 is 0 Å². The number of hydrogen-bond donors (Lipinski definition) is 2. The quantitative estimate of drug-likeness (QED) is 0.294. The van der Waals surface area contributed by atoms with Crippen molar-refractivity contribution in [3.05, 3.63) is 97.1 Å². The molecule has 0 saturated carbocycles. The molecule has 0 aliphatic carbocycles. The summed E-state index contributed by atoms with van der Waals surface area (Å²) in [6.45, 7) is 6.03. The van der Waals surface area contributed by atoms with E-state index in [0.29, 0.717) is 5.25 Å². The van der Waals surface area contributed by atoms with Gasteiger partial charge in [-0.1, -0.05) is 72.8 Å². The summed E-state index contributed by atoms with van der Waals surface area (Å²) in [4.78, 5) is 1.30. The lowest BCUT2D eigenvalue weighted by Crippen LogP contribution is -2.43. The monoisotopic (exact) mass is 398 g/mol. The molecule has 1 heterocycles. The van der Waals surface area contributed by atoms with Crippen molar-refractivity contribution in [2.75, 3.05) is 12.4 Å². The van der Waals surface area contributed by atoms with E-state index in [4.69, 9.17) is 0 Å². The van der Waals surface area contributed by atoms with Gasteiger partial charge in [0.25, 0.3) is 0 Å². The van der Waals surface area contributed by atoms with Crippen LogP contribution in [-0.4, -0.2) is 18.5 Å². The second-order valence-electron chi connectivity index (χ2n) is 7.19. The van der Waals surface area contributed by atoms with E-state index in [-0.39, 0.29) is 6.17 Å². The summed E-state index contributed by atoms with van der Waals surface area (Å²) in [5, 5.41) is 12.5. The third-order valence-electron chi connectivity index (χ3n) is 5.31. The third kappa shape index (κ3) is 4.02. The number of rotatable bonds is 2. The maximum atomic E-state index is 3.85. The first kappa shape index (κ1) is 19.6. The molecule has 0 saturated heterocycles. The molecule has 4 aromatic carbocycles. The van der Waals surface area contributed by atoms with Gasteiger partial charge in [-0.2, -0.15) is 0 Å². The van der Waals surface area contributed by atoms with Crippen LogP contribution >= 0.6 is 11.8 Å². The average Bonchev–Trinajstić information content (AvgIpc) is 2.79. The van der Waals surface area contributed by atoms with Crippen LogP contribution in [-0.2, 0) is 0 Å². The van der Waals surface area contributed by atoms with Gasteiger partial charge in [0.05, 0.1) is 11.4 Å². The molecule has 4 aromatic rings. The predicted octanol–water partition coefficient (Wildman–Crippen LogP) is 6.61. The van der Waals surface area contributed by atoms with Crippen LogP contribution in [0, 0.1) is 6.92 Å². The molecule has 0 spiro atoms. The molecule has 5 rings (SSSR count). The van der Waals surface area contributed by atoms with Gasteiger partial charge in [-0.05, 0) is 53.2 Å². The molecule has 29 heavy (non-hydrogen) atoms. The summed E-state index contributed by atoms with van der Waals surface area (Å²) >= 11 is 1.85. The van der Waals surface area contributed by atoms with E-state index in [2.05, 4.69) is 96.9 Å². The molecule has 0 amide bonds. The number of aryl methyl sites for hydroxylation is 1. The highest BCUT2D eigenvalue weighted by atomic mass is 32.2. The van der Waals surface area contributed by atoms with E-state index in [1.807, 2.05) is 31.0 Å². The van der Waals surface area contributed by atoms with Crippen molar-refractivity contribution in [1.82, 2.24) is 5.32 Å². The third-order valence-corrected chi connectivity index (χ3v) is 6.65. The fourth-order valence-corrected chi connectivity index (χ4v) is 4.96. The van der Waals surface area contributed by atoms with E-state index in [1.54, 1.807) is 0 Å². The Kier molecular flexibility index (Phi) is 5.89. The molecule has 2 atom stereocenters. The van der Waals surface area contributed by atoms with Crippen LogP contribution in [0.2, 0.25) is 0 Å². The molecule has 2 unspecified atom stereocenters. The molecule has 0 bridgehead atoms. The van der Waals surface area contributed by atoms with E-state index in [1.165, 1.54) is 37.7 Å². The number of fused-ring (bicyclic) bond motifs is 4. The van der Waals surface area contributed by atoms with Gasteiger partial charge >= 0.3 is 0 Å². The van der Waals surface area contributed by atoms with Gasteiger partial charge < -0.3 is 5.32 Å². The summed E-state index contributed by atoms with van der Waals surface area (Å²) in [6, 6.07) is 27.8. The highest BCUT2D eigenvalue weighted by Gasteiger charge is 2.24. The van der Waals surface area contributed by atoms with Gasteiger partial charge in [-0.25, -0.2) is 0 Å². The number of hydrogen-bond acceptors (Lipinski definition) is 3. The fraction of sp³-hybridized carbons (Fsp3) is 0.154. The van der Waals surface area contributed by atoms with Crippen molar-refractivity contribution in [1.29, 1.82) is 0 Å². The fourth-order valence-electron chi connectivity index (χ4n) is 3.81. The molecule has 0 radical (unpaired) electrons. The first-order valence-electron chi connectivity index (χ1n) is 9.90. The van der Waals surface area contributed by atoms with Gasteiger partial charge in [-0.15, -0.1) is 18.3 Å². The Morgan fingerprint density at radius 1 is 0.897 bits per heavy atom. The van der Waals surface area contributed by atoms with E-state index >= 15 is 0 Å². The molecular weight excluding hydrogens is 372 g/mol. The summed E-state index contributed by atoms with van der Waals surface area (Å²) in [6.07, 6.45) is 2.25. The Balaban J connectivity index is 0.000000142. The molecule has 0 fully saturated rings. The van der Waals surface area contributed by atoms with Gasteiger partial charge in [0, 0.05) is 10.6 Å². The number of anilines is 1. The summed E-state index contributed by atoms with van der Waals surface area (Å²) in [5.41, 5.74) is 2.55. The highest BCUT2D eigenvalue weighted by molar-refractivity contribution is 8.00. The van der Waals surface area contributed by atoms with Crippen LogP contribution in [0.5, 0.6) is 0 Å².